The van der Waals surface area contributed by atoms with Gasteiger partial charge in [-0.15, -0.1) is 12.4 Å². The fraction of sp³-hybridized carbons (Fsp3) is 0.913. The summed E-state index contributed by atoms with van der Waals surface area (Å²) in [6.45, 7) is 3.02. The SMILES string of the molecule is CCCCCCCCCCCCCCCCCC(=O)O.CN(C)CCC(N)=O.Cl. The van der Waals surface area contributed by atoms with E-state index in [4.69, 9.17) is 10.8 Å². The van der Waals surface area contributed by atoms with Crippen molar-refractivity contribution in [3.05, 3.63) is 0 Å². The number of primary amides is 1. The highest BCUT2D eigenvalue weighted by atomic mass is 35.5. The van der Waals surface area contributed by atoms with Crippen molar-refractivity contribution in [1.82, 2.24) is 4.90 Å². The molecule has 0 aliphatic carbocycles. The summed E-state index contributed by atoms with van der Waals surface area (Å²) >= 11 is 0. The van der Waals surface area contributed by atoms with E-state index in [1.165, 1.54) is 83.5 Å². The van der Waals surface area contributed by atoms with Gasteiger partial charge in [-0.25, -0.2) is 0 Å². The predicted octanol–water partition coefficient (Wildman–Crippen LogP) is 6.18. The summed E-state index contributed by atoms with van der Waals surface area (Å²) in [4.78, 5) is 22.4. The van der Waals surface area contributed by atoms with Gasteiger partial charge in [0.25, 0.3) is 0 Å². The average molecular weight is 437 g/mol. The first-order valence-corrected chi connectivity index (χ1v) is 11.5. The topological polar surface area (TPSA) is 83.6 Å². The van der Waals surface area contributed by atoms with Crippen LogP contribution in [0, 0.1) is 0 Å². The van der Waals surface area contributed by atoms with Gasteiger partial charge in [0, 0.05) is 19.4 Å². The third kappa shape index (κ3) is 38.4. The first-order chi connectivity index (χ1) is 13.4. The fourth-order valence-electron chi connectivity index (χ4n) is 2.98. The Morgan fingerprint density at radius 3 is 1.28 bits per heavy atom. The molecule has 0 aromatic rings. The van der Waals surface area contributed by atoms with E-state index >= 15 is 0 Å². The van der Waals surface area contributed by atoms with Crippen molar-refractivity contribution in [2.24, 2.45) is 5.73 Å². The molecule has 0 aliphatic rings. The lowest BCUT2D eigenvalue weighted by atomic mass is 10.0. The van der Waals surface area contributed by atoms with Crippen LogP contribution in [0.2, 0.25) is 0 Å². The van der Waals surface area contributed by atoms with E-state index in [9.17, 15) is 9.59 Å². The second-order valence-corrected chi connectivity index (χ2v) is 8.11. The number of rotatable bonds is 19. The fourth-order valence-corrected chi connectivity index (χ4v) is 2.98. The zero-order chi connectivity index (χ0) is 21.5. The monoisotopic (exact) mass is 436 g/mol. The van der Waals surface area contributed by atoms with Crippen molar-refractivity contribution in [3.63, 3.8) is 0 Å². The van der Waals surface area contributed by atoms with Crippen LogP contribution >= 0.6 is 12.4 Å². The molecule has 0 atom stereocenters. The van der Waals surface area contributed by atoms with E-state index in [-0.39, 0.29) is 18.3 Å². The number of amides is 1. The van der Waals surface area contributed by atoms with Gasteiger partial charge in [0.1, 0.15) is 0 Å². The number of hydrogen-bond donors (Lipinski definition) is 2. The largest absolute Gasteiger partial charge is 0.481 e. The minimum Gasteiger partial charge on any atom is -0.481 e. The van der Waals surface area contributed by atoms with Gasteiger partial charge in [-0.05, 0) is 20.5 Å². The van der Waals surface area contributed by atoms with E-state index in [1.807, 2.05) is 19.0 Å². The summed E-state index contributed by atoms with van der Waals surface area (Å²) in [5, 5.41) is 8.52. The van der Waals surface area contributed by atoms with Crippen LogP contribution in [0.5, 0.6) is 0 Å². The normalized spacial score (nSPS) is 10.2. The summed E-state index contributed by atoms with van der Waals surface area (Å²) < 4.78 is 0. The van der Waals surface area contributed by atoms with Gasteiger partial charge >= 0.3 is 5.97 Å². The van der Waals surface area contributed by atoms with Crippen LogP contribution in [-0.4, -0.2) is 42.5 Å². The third-order valence-corrected chi connectivity index (χ3v) is 4.80. The number of carbonyl (C=O) groups excluding carboxylic acids is 1. The van der Waals surface area contributed by atoms with Crippen molar-refractivity contribution < 1.29 is 14.7 Å². The molecule has 176 valence electrons. The molecule has 0 bridgehead atoms. The van der Waals surface area contributed by atoms with E-state index in [1.54, 1.807) is 0 Å². The molecule has 0 unspecified atom stereocenters. The smallest absolute Gasteiger partial charge is 0.303 e. The van der Waals surface area contributed by atoms with Crippen LogP contribution in [-0.2, 0) is 9.59 Å². The molecule has 6 heteroatoms. The Morgan fingerprint density at radius 2 is 1.03 bits per heavy atom. The van der Waals surface area contributed by atoms with Crippen LogP contribution in [0.15, 0.2) is 0 Å². The molecule has 0 fully saturated rings. The van der Waals surface area contributed by atoms with Crippen molar-refractivity contribution in [1.29, 1.82) is 0 Å². The molecule has 0 aromatic heterocycles. The van der Waals surface area contributed by atoms with Gasteiger partial charge < -0.3 is 15.7 Å². The van der Waals surface area contributed by atoms with Crippen LogP contribution < -0.4 is 5.73 Å². The molecule has 0 saturated heterocycles. The van der Waals surface area contributed by atoms with E-state index in [0.29, 0.717) is 12.8 Å². The zero-order valence-corrected chi connectivity index (χ0v) is 20.2. The van der Waals surface area contributed by atoms with Crippen LogP contribution in [0.1, 0.15) is 116 Å². The number of aliphatic carboxylic acids is 1. The number of unbranched alkanes of at least 4 members (excludes halogenated alkanes) is 14. The molecule has 1 amide bonds. The number of nitrogens with zero attached hydrogens (tertiary/aromatic N) is 1. The number of carboxylic acid groups (broad SMARTS) is 1. The Morgan fingerprint density at radius 1 is 0.690 bits per heavy atom. The van der Waals surface area contributed by atoms with Crippen LogP contribution in [0.4, 0.5) is 0 Å². The predicted molar refractivity (Wildman–Crippen MR) is 127 cm³/mol. The Labute approximate surface area is 186 Å². The van der Waals surface area contributed by atoms with E-state index in [2.05, 4.69) is 6.92 Å². The third-order valence-electron chi connectivity index (χ3n) is 4.80. The second-order valence-electron chi connectivity index (χ2n) is 8.11. The lowest BCUT2D eigenvalue weighted by Crippen LogP contribution is -2.20. The van der Waals surface area contributed by atoms with Crippen molar-refractivity contribution >= 4 is 24.3 Å². The van der Waals surface area contributed by atoms with Gasteiger partial charge in [0.05, 0.1) is 0 Å². The number of halogens is 1. The highest BCUT2D eigenvalue weighted by Gasteiger charge is 1.97. The number of carbonyl (C=O) groups is 2. The maximum Gasteiger partial charge on any atom is 0.303 e. The lowest BCUT2D eigenvalue weighted by Gasteiger charge is -2.05. The Kier molecular flexibility index (Phi) is 30.8. The van der Waals surface area contributed by atoms with Crippen LogP contribution in [0.25, 0.3) is 0 Å². The standard InChI is InChI=1S/C18H36O2.C5H12N2O.ClH/c1-2-3-4-5-6-7-8-9-10-11-12-13-14-15-16-17-18(19)20;1-7(2)4-3-5(6)8;/h2-17H2,1H3,(H,19,20);3-4H2,1-2H3,(H2,6,8);1H. The minimum absolute atomic E-state index is 0. The molecule has 5 nitrogen and oxygen atoms in total. The van der Waals surface area contributed by atoms with Gasteiger partial charge in [-0.1, -0.05) is 96.8 Å². The van der Waals surface area contributed by atoms with E-state index in [0.717, 1.165) is 19.4 Å². The molecule has 0 radical (unpaired) electrons. The summed E-state index contributed by atoms with van der Waals surface area (Å²) in [7, 11) is 3.81. The summed E-state index contributed by atoms with van der Waals surface area (Å²) in [6, 6.07) is 0. The summed E-state index contributed by atoms with van der Waals surface area (Å²) in [5.74, 6) is -0.890. The maximum absolute atomic E-state index is 10.3. The van der Waals surface area contributed by atoms with E-state index < -0.39 is 5.97 Å². The number of carboxylic acids is 1. The highest BCUT2D eigenvalue weighted by Crippen LogP contribution is 2.13. The van der Waals surface area contributed by atoms with Crippen molar-refractivity contribution in [3.8, 4) is 0 Å². The molecular formula is C23H49ClN2O3. The number of nitrogens with two attached hydrogens (primary N) is 1. The first kappa shape index (κ1) is 32.8. The minimum atomic E-state index is -0.653. The summed E-state index contributed by atoms with van der Waals surface area (Å²) in [6.07, 6.45) is 20.7. The van der Waals surface area contributed by atoms with Crippen LogP contribution in [0.3, 0.4) is 0 Å². The molecule has 29 heavy (non-hydrogen) atoms. The second kappa shape index (κ2) is 27.2. The Bertz CT molecular complexity index is 353. The maximum atomic E-state index is 10.3. The molecule has 0 aromatic carbocycles. The number of hydrogen-bond acceptors (Lipinski definition) is 3. The van der Waals surface area contributed by atoms with Gasteiger partial charge in [-0.2, -0.15) is 0 Å². The first-order valence-electron chi connectivity index (χ1n) is 11.5. The molecular weight excluding hydrogens is 388 g/mol. The average Bonchev–Trinajstić information content (AvgIpc) is 2.63. The lowest BCUT2D eigenvalue weighted by molar-refractivity contribution is -0.137. The van der Waals surface area contributed by atoms with Gasteiger partial charge in [0.15, 0.2) is 0 Å². The Balaban J connectivity index is -0.000000636. The molecule has 0 heterocycles. The molecule has 3 N–H and O–H groups in total. The van der Waals surface area contributed by atoms with Gasteiger partial charge in [0.2, 0.25) is 5.91 Å². The zero-order valence-electron chi connectivity index (χ0n) is 19.4. The molecule has 0 saturated carbocycles. The molecule has 0 spiro atoms. The Hall–Kier alpha value is -0.810. The van der Waals surface area contributed by atoms with Crippen molar-refractivity contribution in [2.45, 2.75) is 116 Å². The quantitative estimate of drug-likeness (QED) is 0.237. The molecule has 0 aliphatic heterocycles. The van der Waals surface area contributed by atoms with Crippen molar-refractivity contribution in [2.75, 3.05) is 20.6 Å². The summed E-state index contributed by atoms with van der Waals surface area (Å²) in [5.41, 5.74) is 4.88. The van der Waals surface area contributed by atoms with Gasteiger partial charge in [-0.3, -0.25) is 9.59 Å². The molecule has 0 rings (SSSR count). The highest BCUT2D eigenvalue weighted by molar-refractivity contribution is 5.85.